The molecule has 3 heterocycles. The number of Topliss-reactive ketones (excluding diaryl/α,β-unsaturated/α-hetero) is 2. The molecule has 0 spiro atoms. The number of amides is 1. The first-order valence-corrected chi connectivity index (χ1v) is 8.68. The highest BCUT2D eigenvalue weighted by Crippen LogP contribution is 2.39. The lowest BCUT2D eigenvalue weighted by Gasteiger charge is -2.38. The number of carbonyl (C=O) groups is 3. The van der Waals surface area contributed by atoms with Crippen molar-refractivity contribution in [3.8, 4) is 0 Å². The molecular weight excluding hydrogens is 316 g/mol. The molecule has 0 saturated carbocycles. The number of ketones is 2. The minimum Gasteiger partial charge on any atom is -0.444 e. The van der Waals surface area contributed by atoms with Crippen molar-refractivity contribution in [1.82, 2.24) is 9.88 Å². The summed E-state index contributed by atoms with van der Waals surface area (Å²) in [5.41, 5.74) is 1.28. The number of rotatable bonds is 2. The summed E-state index contributed by atoms with van der Waals surface area (Å²) in [5, 5.41) is 1.65. The second-order valence-corrected chi connectivity index (χ2v) is 7.79. The van der Waals surface area contributed by atoms with E-state index in [1.165, 1.54) is 11.3 Å². The molecule has 3 atom stereocenters. The van der Waals surface area contributed by atoms with Crippen LogP contribution in [0.25, 0.3) is 0 Å². The van der Waals surface area contributed by atoms with Gasteiger partial charge >= 0.3 is 6.09 Å². The predicted octanol–water partition coefficient (Wildman–Crippen LogP) is 2.68. The van der Waals surface area contributed by atoms with E-state index < -0.39 is 23.7 Å². The molecule has 124 valence electrons. The van der Waals surface area contributed by atoms with Crippen LogP contribution in [0.5, 0.6) is 0 Å². The number of ether oxygens (including phenoxy) is 1. The van der Waals surface area contributed by atoms with Crippen molar-refractivity contribution in [2.24, 2.45) is 5.92 Å². The Labute approximate surface area is 138 Å². The molecule has 2 bridgehead atoms. The Bertz CT molecular complexity index is 635. The third kappa shape index (κ3) is 3.02. The Morgan fingerprint density at radius 3 is 2.70 bits per heavy atom. The summed E-state index contributed by atoms with van der Waals surface area (Å²) >= 11 is 1.32. The highest BCUT2D eigenvalue weighted by molar-refractivity contribution is 7.07. The van der Waals surface area contributed by atoms with Crippen LogP contribution in [0, 0.1) is 5.92 Å². The Balaban J connectivity index is 1.86. The summed E-state index contributed by atoms with van der Waals surface area (Å²) in [4.78, 5) is 43.2. The maximum absolute atomic E-state index is 12.7. The van der Waals surface area contributed by atoms with E-state index in [4.69, 9.17) is 4.74 Å². The minimum absolute atomic E-state index is 0.0877. The van der Waals surface area contributed by atoms with Crippen molar-refractivity contribution < 1.29 is 19.1 Å². The third-order valence-electron chi connectivity index (χ3n) is 4.29. The third-order valence-corrected chi connectivity index (χ3v) is 4.87. The average molecular weight is 336 g/mol. The average Bonchev–Trinajstić information content (AvgIpc) is 3.04. The van der Waals surface area contributed by atoms with Crippen LogP contribution >= 0.6 is 11.3 Å². The summed E-state index contributed by atoms with van der Waals surface area (Å²) in [6.07, 6.45) is 1.16. The smallest absolute Gasteiger partial charge is 0.410 e. The van der Waals surface area contributed by atoms with Crippen LogP contribution in [0.3, 0.4) is 0 Å². The fourth-order valence-electron chi connectivity index (χ4n) is 3.43. The summed E-state index contributed by atoms with van der Waals surface area (Å²) < 4.78 is 5.46. The fourth-order valence-corrected chi connectivity index (χ4v) is 3.97. The zero-order valence-electron chi connectivity index (χ0n) is 13.4. The van der Waals surface area contributed by atoms with Gasteiger partial charge < -0.3 is 9.64 Å². The Morgan fingerprint density at radius 2 is 2.09 bits per heavy atom. The Hall–Kier alpha value is -1.76. The molecule has 1 amide bonds. The maximum atomic E-state index is 12.7. The monoisotopic (exact) mass is 336 g/mol. The van der Waals surface area contributed by atoms with E-state index in [9.17, 15) is 14.4 Å². The van der Waals surface area contributed by atoms with Gasteiger partial charge in [0.2, 0.25) is 0 Å². The predicted molar refractivity (Wildman–Crippen MR) is 84.4 cm³/mol. The first-order valence-electron chi connectivity index (χ1n) is 7.74. The maximum Gasteiger partial charge on any atom is 0.410 e. The Morgan fingerprint density at radius 1 is 1.35 bits per heavy atom. The van der Waals surface area contributed by atoms with Gasteiger partial charge in [-0.1, -0.05) is 0 Å². The number of piperidine rings is 1. The largest absolute Gasteiger partial charge is 0.444 e. The van der Waals surface area contributed by atoms with Crippen molar-refractivity contribution in [3.05, 3.63) is 16.6 Å². The van der Waals surface area contributed by atoms with Crippen molar-refractivity contribution >= 4 is 29.0 Å². The van der Waals surface area contributed by atoms with Crippen LogP contribution in [0.4, 0.5) is 4.79 Å². The van der Waals surface area contributed by atoms with Crippen LogP contribution in [-0.2, 0) is 9.53 Å². The molecule has 0 aromatic carbocycles. The van der Waals surface area contributed by atoms with Gasteiger partial charge in [0.05, 0.1) is 11.6 Å². The quantitative estimate of drug-likeness (QED) is 0.613. The van der Waals surface area contributed by atoms with Crippen LogP contribution in [0.2, 0.25) is 0 Å². The summed E-state index contributed by atoms with van der Waals surface area (Å²) in [5.74, 6) is -1.19. The van der Waals surface area contributed by atoms with E-state index >= 15 is 0 Å². The number of nitrogens with zero attached hydrogens (tertiary/aromatic N) is 2. The molecule has 2 fully saturated rings. The van der Waals surface area contributed by atoms with Gasteiger partial charge in [0.15, 0.2) is 5.78 Å². The van der Waals surface area contributed by atoms with Crippen molar-refractivity contribution in [2.45, 2.75) is 57.7 Å². The normalized spacial score (nSPS) is 27.2. The fraction of sp³-hybridized carbons (Fsp3) is 0.625. The van der Waals surface area contributed by atoms with Crippen molar-refractivity contribution in [2.75, 3.05) is 0 Å². The molecule has 2 saturated heterocycles. The van der Waals surface area contributed by atoms with E-state index in [2.05, 4.69) is 4.98 Å². The van der Waals surface area contributed by atoms with Gasteiger partial charge in [-0.15, -0.1) is 11.3 Å². The lowest BCUT2D eigenvalue weighted by atomic mass is 9.84. The first kappa shape index (κ1) is 16.1. The van der Waals surface area contributed by atoms with E-state index in [1.807, 2.05) is 0 Å². The molecule has 1 aromatic rings. The second kappa shape index (κ2) is 5.70. The standard InChI is InChI=1S/C16H20N2O4S/c1-16(2,3)22-15(21)18-9-4-5-11(18)13(12(19)6-9)14(20)10-7-23-8-17-10/h7-9,11,13H,4-6H2,1-3H3. The lowest BCUT2D eigenvalue weighted by Crippen LogP contribution is -2.55. The molecule has 3 unspecified atom stereocenters. The summed E-state index contributed by atoms with van der Waals surface area (Å²) in [6, 6.07) is -0.563. The molecule has 7 heteroatoms. The number of thiazole rings is 1. The van der Waals surface area contributed by atoms with Crippen molar-refractivity contribution in [3.63, 3.8) is 0 Å². The van der Waals surface area contributed by atoms with Crippen LogP contribution < -0.4 is 0 Å². The van der Waals surface area contributed by atoms with Crippen LogP contribution in [0.15, 0.2) is 10.9 Å². The lowest BCUT2D eigenvalue weighted by molar-refractivity contribution is -0.126. The molecule has 1 aromatic heterocycles. The van der Waals surface area contributed by atoms with Gasteiger partial charge in [-0.25, -0.2) is 9.78 Å². The molecule has 2 aliphatic rings. The van der Waals surface area contributed by atoms with E-state index in [0.717, 1.165) is 6.42 Å². The number of carbonyl (C=O) groups excluding carboxylic acids is 3. The minimum atomic E-state index is -0.816. The number of hydrogen-bond donors (Lipinski definition) is 0. The van der Waals surface area contributed by atoms with Crippen LogP contribution in [-0.4, -0.2) is 45.2 Å². The molecule has 3 rings (SSSR count). The Kier molecular flexibility index (Phi) is 4.00. The zero-order valence-corrected chi connectivity index (χ0v) is 14.3. The van der Waals surface area contributed by atoms with Gasteiger partial charge in [-0.3, -0.25) is 9.59 Å². The van der Waals surface area contributed by atoms with E-state index in [-0.39, 0.29) is 24.0 Å². The van der Waals surface area contributed by atoms with Gasteiger partial charge in [-0.2, -0.15) is 0 Å². The number of aromatic nitrogens is 1. The van der Waals surface area contributed by atoms with E-state index in [0.29, 0.717) is 12.1 Å². The SMILES string of the molecule is CC(C)(C)OC(=O)N1C2CCC1C(C(=O)c1cscn1)C(=O)C2. The van der Waals surface area contributed by atoms with Gasteiger partial charge in [0.1, 0.15) is 23.0 Å². The summed E-state index contributed by atoms with van der Waals surface area (Å²) in [6.45, 7) is 5.42. The summed E-state index contributed by atoms with van der Waals surface area (Å²) in [7, 11) is 0. The zero-order chi connectivity index (χ0) is 16.8. The molecule has 0 N–H and O–H groups in total. The van der Waals surface area contributed by atoms with Gasteiger partial charge in [0.25, 0.3) is 0 Å². The van der Waals surface area contributed by atoms with Crippen LogP contribution in [0.1, 0.15) is 50.5 Å². The highest BCUT2D eigenvalue weighted by atomic mass is 32.1. The van der Waals surface area contributed by atoms with Crippen molar-refractivity contribution in [1.29, 1.82) is 0 Å². The molecule has 2 aliphatic heterocycles. The number of hydrogen-bond acceptors (Lipinski definition) is 6. The molecule has 0 radical (unpaired) electrons. The topological polar surface area (TPSA) is 76.6 Å². The van der Waals surface area contributed by atoms with Gasteiger partial charge in [-0.05, 0) is 33.6 Å². The molecule has 6 nitrogen and oxygen atoms in total. The second-order valence-electron chi connectivity index (χ2n) is 7.07. The van der Waals surface area contributed by atoms with E-state index in [1.54, 1.807) is 36.6 Å². The molecule has 0 aliphatic carbocycles. The van der Waals surface area contributed by atoms with Gasteiger partial charge in [0, 0.05) is 17.8 Å². The first-order chi connectivity index (χ1) is 10.8. The molecule has 23 heavy (non-hydrogen) atoms. The molecular formula is C16H20N2O4S. The number of fused-ring (bicyclic) bond motifs is 2. The highest BCUT2D eigenvalue weighted by Gasteiger charge is 2.52.